The summed E-state index contributed by atoms with van der Waals surface area (Å²) in [6.45, 7) is 8.19. The minimum Gasteiger partial charge on any atom is -0.313 e. The lowest BCUT2D eigenvalue weighted by Crippen LogP contribution is -2.26. The molecular formula is C13H25N. The van der Waals surface area contributed by atoms with Gasteiger partial charge in [0.1, 0.15) is 0 Å². The maximum atomic E-state index is 3.72. The van der Waals surface area contributed by atoms with Crippen molar-refractivity contribution in [3.63, 3.8) is 0 Å². The largest absolute Gasteiger partial charge is 0.313 e. The van der Waals surface area contributed by atoms with Crippen LogP contribution in [0.2, 0.25) is 0 Å². The van der Waals surface area contributed by atoms with Crippen LogP contribution in [0.5, 0.6) is 0 Å². The average molecular weight is 195 g/mol. The number of rotatable bonds is 6. The van der Waals surface area contributed by atoms with Gasteiger partial charge in [-0.15, -0.1) is 6.58 Å². The van der Waals surface area contributed by atoms with Gasteiger partial charge in [0, 0.05) is 6.54 Å². The molecule has 0 heterocycles. The third kappa shape index (κ3) is 4.28. The van der Waals surface area contributed by atoms with Crippen LogP contribution in [-0.2, 0) is 0 Å². The molecule has 0 amide bonds. The van der Waals surface area contributed by atoms with E-state index in [2.05, 4.69) is 18.8 Å². The molecule has 1 aliphatic rings. The van der Waals surface area contributed by atoms with Crippen molar-refractivity contribution in [2.75, 3.05) is 13.1 Å². The second kappa shape index (κ2) is 7.05. The normalized spacial score (nSPS) is 27.5. The van der Waals surface area contributed by atoms with Crippen LogP contribution in [0.3, 0.4) is 0 Å². The fraction of sp³-hybridized carbons (Fsp3) is 0.846. The average Bonchev–Trinajstić information content (AvgIpc) is 2.21. The smallest absolute Gasteiger partial charge is 0.0132 e. The Balaban J connectivity index is 2.06. The first-order chi connectivity index (χ1) is 6.86. The summed E-state index contributed by atoms with van der Waals surface area (Å²) in [4.78, 5) is 0. The van der Waals surface area contributed by atoms with E-state index in [1.807, 2.05) is 6.08 Å². The zero-order valence-electron chi connectivity index (χ0n) is 9.60. The molecule has 1 saturated carbocycles. The fourth-order valence-electron chi connectivity index (χ4n) is 2.52. The van der Waals surface area contributed by atoms with Gasteiger partial charge in [-0.1, -0.05) is 38.7 Å². The quantitative estimate of drug-likeness (QED) is 0.506. The van der Waals surface area contributed by atoms with Crippen LogP contribution in [0.25, 0.3) is 0 Å². The molecule has 0 bridgehead atoms. The topological polar surface area (TPSA) is 12.0 Å². The van der Waals surface area contributed by atoms with Crippen LogP contribution in [0.1, 0.15) is 45.4 Å². The maximum Gasteiger partial charge on any atom is 0.0132 e. The van der Waals surface area contributed by atoms with Crippen molar-refractivity contribution in [1.29, 1.82) is 0 Å². The predicted octanol–water partition coefficient (Wildman–Crippen LogP) is 3.37. The van der Waals surface area contributed by atoms with Gasteiger partial charge in [-0.25, -0.2) is 0 Å². The monoisotopic (exact) mass is 195 g/mol. The van der Waals surface area contributed by atoms with E-state index in [0.29, 0.717) is 0 Å². The Morgan fingerprint density at radius 2 is 1.86 bits per heavy atom. The van der Waals surface area contributed by atoms with Crippen LogP contribution < -0.4 is 5.32 Å². The molecule has 0 aromatic carbocycles. The SMILES string of the molecule is C=CCNCC1CCC(CCC)CC1. The maximum absolute atomic E-state index is 3.72. The van der Waals surface area contributed by atoms with Crippen molar-refractivity contribution >= 4 is 0 Å². The van der Waals surface area contributed by atoms with E-state index in [4.69, 9.17) is 0 Å². The van der Waals surface area contributed by atoms with Gasteiger partial charge < -0.3 is 5.32 Å². The molecule has 0 spiro atoms. The molecule has 1 nitrogen and oxygen atoms in total. The van der Waals surface area contributed by atoms with E-state index in [1.54, 1.807) is 0 Å². The van der Waals surface area contributed by atoms with E-state index in [-0.39, 0.29) is 0 Å². The molecule has 0 aromatic rings. The first kappa shape index (κ1) is 11.8. The van der Waals surface area contributed by atoms with Gasteiger partial charge in [0.25, 0.3) is 0 Å². The van der Waals surface area contributed by atoms with Crippen molar-refractivity contribution < 1.29 is 0 Å². The van der Waals surface area contributed by atoms with Crippen LogP contribution in [0.4, 0.5) is 0 Å². The second-order valence-electron chi connectivity index (χ2n) is 4.62. The molecule has 0 atom stereocenters. The molecule has 1 heteroatoms. The molecule has 14 heavy (non-hydrogen) atoms. The molecular weight excluding hydrogens is 170 g/mol. The molecule has 0 aromatic heterocycles. The fourth-order valence-corrected chi connectivity index (χ4v) is 2.52. The Hall–Kier alpha value is -0.300. The Bertz CT molecular complexity index is 145. The van der Waals surface area contributed by atoms with Gasteiger partial charge in [-0.3, -0.25) is 0 Å². The summed E-state index contributed by atoms with van der Waals surface area (Å²) >= 11 is 0. The summed E-state index contributed by atoms with van der Waals surface area (Å²) in [5.41, 5.74) is 0. The molecule has 82 valence electrons. The number of hydrogen-bond donors (Lipinski definition) is 1. The van der Waals surface area contributed by atoms with Gasteiger partial charge in [0.15, 0.2) is 0 Å². The molecule has 0 radical (unpaired) electrons. The zero-order valence-corrected chi connectivity index (χ0v) is 9.60. The molecule has 0 aliphatic heterocycles. The lowest BCUT2D eigenvalue weighted by atomic mass is 9.80. The standard InChI is InChI=1S/C13H25N/c1-3-5-12-6-8-13(9-7-12)11-14-10-4-2/h4,12-14H,2-3,5-11H2,1H3. The summed E-state index contributed by atoms with van der Waals surface area (Å²) in [6, 6.07) is 0. The van der Waals surface area contributed by atoms with Crippen LogP contribution >= 0.6 is 0 Å². The second-order valence-corrected chi connectivity index (χ2v) is 4.62. The van der Waals surface area contributed by atoms with Crippen LogP contribution in [0.15, 0.2) is 12.7 Å². The molecule has 1 aliphatic carbocycles. The molecule has 1 fully saturated rings. The van der Waals surface area contributed by atoms with E-state index >= 15 is 0 Å². The zero-order chi connectivity index (χ0) is 10.2. The van der Waals surface area contributed by atoms with Crippen LogP contribution in [-0.4, -0.2) is 13.1 Å². The van der Waals surface area contributed by atoms with E-state index in [0.717, 1.165) is 18.4 Å². The highest BCUT2D eigenvalue weighted by Crippen LogP contribution is 2.30. The Morgan fingerprint density at radius 3 is 2.43 bits per heavy atom. The summed E-state index contributed by atoms with van der Waals surface area (Å²) in [7, 11) is 0. The van der Waals surface area contributed by atoms with Crippen molar-refractivity contribution in [3.05, 3.63) is 12.7 Å². The minimum absolute atomic E-state index is 0.933. The molecule has 0 saturated heterocycles. The molecule has 0 unspecified atom stereocenters. The van der Waals surface area contributed by atoms with Crippen molar-refractivity contribution in [2.24, 2.45) is 11.8 Å². The van der Waals surface area contributed by atoms with Gasteiger partial charge in [0.2, 0.25) is 0 Å². The third-order valence-corrected chi connectivity index (χ3v) is 3.38. The first-order valence-electron chi connectivity index (χ1n) is 6.18. The highest BCUT2D eigenvalue weighted by atomic mass is 14.8. The summed E-state index contributed by atoms with van der Waals surface area (Å²) in [6.07, 6.45) is 10.6. The first-order valence-corrected chi connectivity index (χ1v) is 6.18. The van der Waals surface area contributed by atoms with Gasteiger partial charge in [-0.2, -0.15) is 0 Å². The Labute approximate surface area is 89.0 Å². The van der Waals surface area contributed by atoms with Crippen molar-refractivity contribution in [1.82, 2.24) is 5.32 Å². The van der Waals surface area contributed by atoms with E-state index in [9.17, 15) is 0 Å². The van der Waals surface area contributed by atoms with Crippen molar-refractivity contribution in [3.8, 4) is 0 Å². The van der Waals surface area contributed by atoms with Gasteiger partial charge in [0.05, 0.1) is 0 Å². The number of hydrogen-bond acceptors (Lipinski definition) is 1. The van der Waals surface area contributed by atoms with Crippen molar-refractivity contribution in [2.45, 2.75) is 45.4 Å². The third-order valence-electron chi connectivity index (χ3n) is 3.38. The lowest BCUT2D eigenvalue weighted by Gasteiger charge is -2.28. The van der Waals surface area contributed by atoms with E-state index in [1.165, 1.54) is 45.1 Å². The highest BCUT2D eigenvalue weighted by molar-refractivity contribution is 4.76. The highest BCUT2D eigenvalue weighted by Gasteiger charge is 2.19. The predicted molar refractivity (Wildman–Crippen MR) is 63.4 cm³/mol. The summed E-state index contributed by atoms with van der Waals surface area (Å²) < 4.78 is 0. The number of nitrogens with one attached hydrogen (secondary N) is 1. The van der Waals surface area contributed by atoms with Gasteiger partial charge in [-0.05, 0) is 31.2 Å². The summed E-state index contributed by atoms with van der Waals surface area (Å²) in [5, 5.41) is 3.43. The Morgan fingerprint density at radius 1 is 1.21 bits per heavy atom. The molecule has 1 N–H and O–H groups in total. The van der Waals surface area contributed by atoms with E-state index < -0.39 is 0 Å². The minimum atomic E-state index is 0.933. The van der Waals surface area contributed by atoms with Crippen LogP contribution in [0, 0.1) is 11.8 Å². The lowest BCUT2D eigenvalue weighted by molar-refractivity contribution is 0.258. The summed E-state index contributed by atoms with van der Waals surface area (Å²) in [5.74, 6) is 1.97. The molecule has 1 rings (SSSR count). The Kier molecular flexibility index (Phi) is 5.93. The van der Waals surface area contributed by atoms with Gasteiger partial charge >= 0.3 is 0 Å².